The summed E-state index contributed by atoms with van der Waals surface area (Å²) >= 11 is 3.68. The van der Waals surface area contributed by atoms with Crippen LogP contribution in [0.1, 0.15) is 0 Å². The number of thiophene rings is 2. The Bertz CT molecular complexity index is 2960. The lowest BCUT2D eigenvalue weighted by molar-refractivity contribution is 0.619. The zero-order valence-corrected chi connectivity index (χ0v) is 27.5. The Hall–Kier alpha value is -5.95. The molecule has 0 aliphatic rings. The number of oxazole rings is 1. The molecule has 11 aromatic rings. The van der Waals surface area contributed by atoms with Gasteiger partial charge in [-0.15, -0.1) is 22.7 Å². The maximum Gasteiger partial charge on any atom is 0.227 e. The van der Waals surface area contributed by atoms with Crippen molar-refractivity contribution in [1.82, 2.24) is 4.98 Å². The first-order valence-electron chi connectivity index (χ1n) is 16.2. The summed E-state index contributed by atoms with van der Waals surface area (Å²) in [5, 5.41) is 7.04. The van der Waals surface area contributed by atoms with E-state index >= 15 is 0 Å². The van der Waals surface area contributed by atoms with Gasteiger partial charge >= 0.3 is 0 Å². The smallest absolute Gasteiger partial charge is 0.227 e. The molecule has 0 saturated heterocycles. The van der Waals surface area contributed by atoms with E-state index in [-0.39, 0.29) is 0 Å². The minimum atomic E-state index is 0.600. The van der Waals surface area contributed by atoms with Crippen LogP contribution in [0, 0.1) is 0 Å². The fourth-order valence-electron chi connectivity index (χ4n) is 7.24. The van der Waals surface area contributed by atoms with E-state index in [0.29, 0.717) is 5.89 Å². The minimum Gasteiger partial charge on any atom is -0.456 e. The van der Waals surface area contributed by atoms with Crippen molar-refractivity contribution >= 4 is 113 Å². The van der Waals surface area contributed by atoms with Crippen molar-refractivity contribution < 1.29 is 8.83 Å². The molecule has 6 heteroatoms. The second-order valence-electron chi connectivity index (χ2n) is 12.3. The van der Waals surface area contributed by atoms with Gasteiger partial charge in [0.05, 0.1) is 5.39 Å². The monoisotopic (exact) mass is 664 g/mol. The van der Waals surface area contributed by atoms with Crippen LogP contribution in [0.25, 0.3) is 84.8 Å². The van der Waals surface area contributed by atoms with Gasteiger partial charge in [0.2, 0.25) is 5.89 Å². The molecule has 4 nitrogen and oxygen atoms in total. The minimum absolute atomic E-state index is 0.600. The Balaban J connectivity index is 1.16. The van der Waals surface area contributed by atoms with Crippen molar-refractivity contribution in [2.45, 2.75) is 0 Å². The SMILES string of the molecule is c1ccc(-c2nc3c(ccc4oc5ccc(N(c6ccc7sc8ccccc8c7c6)c6ccc7sc8ccccc8c7c6)cc5c43)o2)cc1. The van der Waals surface area contributed by atoms with E-state index < -0.39 is 0 Å². The average molecular weight is 665 g/mol. The van der Waals surface area contributed by atoms with Crippen LogP contribution < -0.4 is 4.90 Å². The molecule has 0 saturated carbocycles. The van der Waals surface area contributed by atoms with Crippen LogP contribution in [0.4, 0.5) is 17.1 Å². The van der Waals surface area contributed by atoms with Crippen molar-refractivity contribution in [3.05, 3.63) is 146 Å². The third-order valence-corrected chi connectivity index (χ3v) is 11.8. The number of benzene rings is 7. The first-order valence-corrected chi connectivity index (χ1v) is 17.8. The summed E-state index contributed by atoms with van der Waals surface area (Å²) in [5.41, 5.74) is 7.32. The molecule has 0 fully saturated rings. The Labute approximate surface area is 287 Å². The van der Waals surface area contributed by atoms with Gasteiger partial charge in [-0.1, -0.05) is 54.6 Å². The second-order valence-corrected chi connectivity index (χ2v) is 14.5. The molecule has 0 unspecified atom stereocenters. The molecule has 0 aliphatic heterocycles. The molecule has 0 radical (unpaired) electrons. The third-order valence-electron chi connectivity index (χ3n) is 9.49. The first kappa shape index (κ1) is 27.0. The van der Waals surface area contributed by atoms with Crippen LogP contribution in [0.2, 0.25) is 0 Å². The number of rotatable bonds is 4. The lowest BCUT2D eigenvalue weighted by Crippen LogP contribution is -2.09. The number of nitrogens with zero attached hydrogens (tertiary/aromatic N) is 2. The van der Waals surface area contributed by atoms with Gasteiger partial charge in [-0.2, -0.15) is 0 Å². The molecule has 0 atom stereocenters. The molecule has 0 bridgehead atoms. The lowest BCUT2D eigenvalue weighted by Gasteiger charge is -2.26. The van der Waals surface area contributed by atoms with Gasteiger partial charge in [0.25, 0.3) is 0 Å². The summed E-state index contributed by atoms with van der Waals surface area (Å²) in [7, 11) is 0. The second kappa shape index (κ2) is 10.3. The van der Waals surface area contributed by atoms with Crippen molar-refractivity contribution in [3.63, 3.8) is 0 Å². The molecular formula is C43H24N2O2S2. The average Bonchev–Trinajstić information content (AvgIpc) is 3.93. The Kier molecular flexibility index (Phi) is 5.67. The van der Waals surface area contributed by atoms with Crippen LogP contribution in [-0.4, -0.2) is 4.98 Å². The quantitative estimate of drug-likeness (QED) is 0.188. The first-order chi connectivity index (χ1) is 24.2. The zero-order chi connectivity index (χ0) is 32.1. The van der Waals surface area contributed by atoms with Gasteiger partial charge in [0.15, 0.2) is 5.58 Å². The maximum absolute atomic E-state index is 6.42. The summed E-state index contributed by atoms with van der Waals surface area (Å²) in [6, 6.07) is 51.5. The highest BCUT2D eigenvalue weighted by Crippen LogP contribution is 2.45. The highest BCUT2D eigenvalue weighted by atomic mass is 32.1. The number of fused-ring (bicyclic) bond motifs is 11. The standard InChI is InChI=1S/C43H24N2O2S2/c1-2-8-25(9-3-1)43-44-42-36(47-43)19-18-35-41(42)33-24-26(14-17-34(33)46-35)45(27-15-20-39-31(22-27)29-10-4-6-12-37(29)48-39)28-16-21-40-32(23-28)30-11-5-7-13-38(30)49-40/h1-24H. The van der Waals surface area contributed by atoms with Crippen LogP contribution >= 0.6 is 22.7 Å². The zero-order valence-electron chi connectivity index (χ0n) is 25.9. The van der Waals surface area contributed by atoms with Crippen LogP contribution in [0.5, 0.6) is 0 Å². The van der Waals surface area contributed by atoms with E-state index in [1.807, 2.05) is 65.1 Å². The van der Waals surface area contributed by atoms with Crippen molar-refractivity contribution in [2.24, 2.45) is 0 Å². The highest BCUT2D eigenvalue weighted by Gasteiger charge is 2.21. The number of anilines is 3. The normalized spacial score (nSPS) is 12.1. The van der Waals surface area contributed by atoms with Gasteiger partial charge in [0, 0.05) is 68.4 Å². The van der Waals surface area contributed by atoms with E-state index in [2.05, 4.69) is 108 Å². The van der Waals surface area contributed by atoms with Gasteiger partial charge in [-0.25, -0.2) is 4.98 Å². The molecule has 0 amide bonds. The van der Waals surface area contributed by atoms with Gasteiger partial charge in [0.1, 0.15) is 16.7 Å². The molecule has 49 heavy (non-hydrogen) atoms. The van der Waals surface area contributed by atoms with Crippen molar-refractivity contribution in [2.75, 3.05) is 4.90 Å². The van der Waals surface area contributed by atoms with Gasteiger partial charge in [-0.3, -0.25) is 0 Å². The van der Waals surface area contributed by atoms with E-state index in [9.17, 15) is 0 Å². The van der Waals surface area contributed by atoms with Crippen molar-refractivity contribution in [3.8, 4) is 11.5 Å². The molecule has 4 heterocycles. The summed E-state index contributed by atoms with van der Waals surface area (Å²) in [5.74, 6) is 0.600. The third kappa shape index (κ3) is 4.11. The number of hydrogen-bond donors (Lipinski definition) is 0. The largest absolute Gasteiger partial charge is 0.456 e. The topological polar surface area (TPSA) is 42.4 Å². The van der Waals surface area contributed by atoms with E-state index in [4.69, 9.17) is 13.8 Å². The molecule has 11 rings (SSSR count). The molecule has 0 N–H and O–H groups in total. The lowest BCUT2D eigenvalue weighted by atomic mass is 10.1. The molecule has 230 valence electrons. The van der Waals surface area contributed by atoms with E-state index in [1.165, 1.54) is 40.3 Å². The summed E-state index contributed by atoms with van der Waals surface area (Å²) < 4.78 is 17.8. The van der Waals surface area contributed by atoms with Gasteiger partial charge < -0.3 is 13.7 Å². The summed E-state index contributed by atoms with van der Waals surface area (Å²) in [6.45, 7) is 0. The maximum atomic E-state index is 6.42. The molecular weight excluding hydrogens is 641 g/mol. The van der Waals surface area contributed by atoms with Crippen molar-refractivity contribution in [1.29, 1.82) is 0 Å². The fraction of sp³-hybridized carbons (Fsp3) is 0. The number of hydrogen-bond acceptors (Lipinski definition) is 6. The van der Waals surface area contributed by atoms with Crippen LogP contribution in [-0.2, 0) is 0 Å². The molecule has 4 aromatic heterocycles. The summed E-state index contributed by atoms with van der Waals surface area (Å²) in [6.07, 6.45) is 0. The van der Waals surface area contributed by atoms with E-state index in [0.717, 1.165) is 55.7 Å². The predicted molar refractivity (Wildman–Crippen MR) is 207 cm³/mol. The number of aromatic nitrogens is 1. The predicted octanol–water partition coefficient (Wildman–Crippen LogP) is 13.6. The Morgan fingerprint density at radius 3 is 1.63 bits per heavy atom. The molecule has 7 aromatic carbocycles. The highest BCUT2D eigenvalue weighted by molar-refractivity contribution is 7.26. The fourth-order valence-corrected chi connectivity index (χ4v) is 9.41. The summed E-state index contributed by atoms with van der Waals surface area (Å²) in [4.78, 5) is 7.37. The van der Waals surface area contributed by atoms with Crippen LogP contribution in [0.3, 0.4) is 0 Å². The van der Waals surface area contributed by atoms with Gasteiger partial charge in [-0.05, 0) is 91.0 Å². The Morgan fingerprint density at radius 2 is 0.959 bits per heavy atom. The molecule has 0 spiro atoms. The van der Waals surface area contributed by atoms with E-state index in [1.54, 1.807) is 0 Å². The molecule has 0 aliphatic carbocycles. The Morgan fingerprint density at radius 1 is 0.429 bits per heavy atom. The van der Waals surface area contributed by atoms with Crippen LogP contribution in [0.15, 0.2) is 154 Å². The number of furan rings is 1.